The number of carbonyl (C=O) groups is 1. The van der Waals surface area contributed by atoms with Gasteiger partial charge < -0.3 is 0 Å². The Morgan fingerprint density at radius 3 is 2.42 bits per heavy atom. The highest BCUT2D eigenvalue weighted by atomic mass is 79.9. The normalized spacial score (nSPS) is 44.4. The Kier molecular flexibility index (Phi) is 2.44. The van der Waals surface area contributed by atoms with Gasteiger partial charge in [-0.25, -0.2) is 0 Å². The van der Waals surface area contributed by atoms with E-state index in [9.17, 15) is 4.79 Å². The van der Waals surface area contributed by atoms with Gasteiger partial charge in [0.25, 0.3) is 0 Å². The van der Waals surface area contributed by atoms with Crippen LogP contribution in [0.4, 0.5) is 0 Å². The molecule has 4 bridgehead atoms. The molecule has 0 aromatic carbocycles. The van der Waals surface area contributed by atoms with Crippen LogP contribution in [0.5, 0.6) is 0 Å². The summed E-state index contributed by atoms with van der Waals surface area (Å²) < 4.78 is -0.393. The lowest BCUT2D eigenvalue weighted by Crippen LogP contribution is -2.70. The number of ketones is 1. The molecular formula is C14H16BrN3O. The largest absolute Gasteiger partial charge is 0.299 e. The number of rotatable bonds is 1. The van der Waals surface area contributed by atoms with Gasteiger partial charge in [-0.15, -0.1) is 0 Å². The van der Waals surface area contributed by atoms with E-state index < -0.39 is 9.74 Å². The summed E-state index contributed by atoms with van der Waals surface area (Å²) in [5.74, 6) is 0.349. The summed E-state index contributed by atoms with van der Waals surface area (Å²) in [6.07, 6.45) is 3.64. The van der Waals surface area contributed by atoms with E-state index in [1.165, 1.54) is 0 Å². The van der Waals surface area contributed by atoms with Gasteiger partial charge in [0.1, 0.15) is 4.32 Å². The molecular weight excluding hydrogens is 306 g/mol. The van der Waals surface area contributed by atoms with Crippen molar-refractivity contribution in [2.24, 2.45) is 0 Å². The van der Waals surface area contributed by atoms with Gasteiger partial charge in [-0.2, -0.15) is 0 Å². The van der Waals surface area contributed by atoms with Gasteiger partial charge in [-0.3, -0.25) is 19.6 Å². The summed E-state index contributed by atoms with van der Waals surface area (Å²) in [5, 5.41) is 0. The van der Waals surface area contributed by atoms with Crippen molar-refractivity contribution >= 4 is 21.7 Å². The highest BCUT2D eigenvalue weighted by Crippen LogP contribution is 2.45. The minimum Gasteiger partial charge on any atom is -0.299 e. The van der Waals surface area contributed by atoms with Gasteiger partial charge >= 0.3 is 0 Å². The number of hydrogen-bond donors (Lipinski definition) is 0. The Labute approximate surface area is 120 Å². The summed E-state index contributed by atoms with van der Waals surface area (Å²) in [6.45, 7) is 5.46. The van der Waals surface area contributed by atoms with E-state index in [0.717, 1.165) is 44.8 Å². The molecule has 0 amide bonds. The van der Waals surface area contributed by atoms with Crippen molar-refractivity contribution in [3.05, 3.63) is 30.1 Å². The van der Waals surface area contributed by atoms with Crippen molar-refractivity contribution < 1.29 is 4.79 Å². The number of fused-ring (bicyclic) bond motifs is 1. The fourth-order valence-electron chi connectivity index (χ4n) is 3.96. The average molecular weight is 322 g/mol. The minimum absolute atomic E-state index is 0.349. The predicted octanol–water partition coefficient (Wildman–Crippen LogP) is 0.667. The number of hydrogen-bond acceptors (Lipinski definition) is 4. The molecule has 100 valence electrons. The van der Waals surface area contributed by atoms with Crippen LogP contribution < -0.4 is 0 Å². The zero-order valence-corrected chi connectivity index (χ0v) is 12.3. The number of alkyl halides is 1. The first-order chi connectivity index (χ1) is 9.12. The smallest absolute Gasteiger partial charge is 0.165 e. The summed E-state index contributed by atoms with van der Waals surface area (Å²) in [5.41, 5.74) is 0.672. The Morgan fingerprint density at radius 1 is 1.16 bits per heavy atom. The predicted molar refractivity (Wildman–Crippen MR) is 75.5 cm³/mol. The summed E-state index contributed by atoms with van der Waals surface area (Å²) >= 11 is 3.75. The number of carbonyl (C=O) groups excluding carboxylic acids is 1. The van der Waals surface area contributed by atoms with E-state index in [2.05, 4.69) is 36.8 Å². The van der Waals surface area contributed by atoms with Crippen LogP contribution in [0.2, 0.25) is 0 Å². The molecule has 4 aliphatic heterocycles. The molecule has 0 N–H and O–H groups in total. The molecule has 5 heteroatoms. The number of piperidine rings is 2. The molecule has 5 heterocycles. The van der Waals surface area contributed by atoms with Crippen molar-refractivity contribution in [1.29, 1.82) is 0 Å². The maximum absolute atomic E-state index is 13.0. The number of pyridine rings is 1. The zero-order valence-electron chi connectivity index (χ0n) is 10.7. The van der Waals surface area contributed by atoms with Crippen molar-refractivity contribution in [2.75, 3.05) is 39.3 Å². The van der Waals surface area contributed by atoms with Crippen LogP contribution in [0.3, 0.4) is 0 Å². The molecule has 5 rings (SSSR count). The third-order valence-electron chi connectivity index (χ3n) is 4.72. The fourth-order valence-corrected chi connectivity index (χ4v) is 5.05. The summed E-state index contributed by atoms with van der Waals surface area (Å²) in [6, 6.07) is 3.99. The van der Waals surface area contributed by atoms with Gasteiger partial charge in [0, 0.05) is 51.7 Å². The molecule has 0 saturated carbocycles. The topological polar surface area (TPSA) is 36.4 Å². The Hall–Kier alpha value is -0.780. The van der Waals surface area contributed by atoms with Crippen molar-refractivity contribution in [3.8, 4) is 0 Å². The van der Waals surface area contributed by atoms with Gasteiger partial charge in [0.2, 0.25) is 0 Å². The Balaban J connectivity index is 1.89. The van der Waals surface area contributed by atoms with E-state index >= 15 is 0 Å². The van der Waals surface area contributed by atoms with Crippen LogP contribution in [0.1, 0.15) is 5.56 Å². The maximum Gasteiger partial charge on any atom is 0.165 e. The first-order valence-corrected chi connectivity index (χ1v) is 7.51. The van der Waals surface area contributed by atoms with Gasteiger partial charge in [-0.05, 0) is 11.6 Å². The average Bonchev–Trinajstić information content (AvgIpc) is 2.64. The van der Waals surface area contributed by atoms with Gasteiger partial charge in [0.15, 0.2) is 5.78 Å². The van der Waals surface area contributed by atoms with Gasteiger partial charge in [-0.1, -0.05) is 22.0 Å². The van der Waals surface area contributed by atoms with Crippen molar-refractivity contribution in [1.82, 2.24) is 14.8 Å². The first kappa shape index (κ1) is 12.0. The lowest BCUT2D eigenvalue weighted by atomic mass is 9.67. The van der Waals surface area contributed by atoms with E-state index in [0.29, 0.717) is 5.78 Å². The summed E-state index contributed by atoms with van der Waals surface area (Å²) in [4.78, 5) is 22.1. The molecule has 4 fully saturated rings. The second kappa shape index (κ2) is 3.87. The molecule has 4 saturated heterocycles. The molecule has 0 aliphatic carbocycles. The number of nitrogens with zero attached hydrogens (tertiary/aromatic N) is 3. The second-order valence-corrected chi connectivity index (χ2v) is 7.56. The highest BCUT2D eigenvalue weighted by molar-refractivity contribution is 9.10. The zero-order chi connectivity index (χ0) is 13.1. The van der Waals surface area contributed by atoms with E-state index in [1.807, 2.05) is 12.3 Å². The number of Topliss-reactive ketones (excluding diaryl/α,β-unsaturated/α-hetero) is 1. The lowest BCUT2D eigenvalue weighted by Gasteiger charge is -2.52. The molecule has 1 aromatic heterocycles. The number of halogens is 1. The Bertz CT molecular complexity index is 517. The third-order valence-corrected chi connectivity index (χ3v) is 5.59. The van der Waals surface area contributed by atoms with Crippen molar-refractivity contribution in [3.63, 3.8) is 0 Å². The third kappa shape index (κ3) is 1.58. The maximum atomic E-state index is 13.0. The van der Waals surface area contributed by atoms with Gasteiger partial charge in [0.05, 0.1) is 5.41 Å². The Morgan fingerprint density at radius 2 is 1.84 bits per heavy atom. The highest BCUT2D eigenvalue weighted by Gasteiger charge is 2.61. The lowest BCUT2D eigenvalue weighted by molar-refractivity contribution is -0.134. The molecule has 0 spiro atoms. The molecule has 0 radical (unpaired) electrons. The van der Waals surface area contributed by atoms with Crippen molar-refractivity contribution in [2.45, 2.75) is 9.74 Å². The SMILES string of the molecule is O=C1C2(Br)CN3CCN(C2)CC1(c1cccnc1)C3. The monoisotopic (exact) mass is 321 g/mol. The fraction of sp³-hybridized carbons (Fsp3) is 0.571. The molecule has 2 unspecified atom stereocenters. The van der Waals surface area contributed by atoms with Crippen LogP contribution in [0.15, 0.2) is 24.5 Å². The van der Waals surface area contributed by atoms with Crippen LogP contribution >= 0.6 is 15.9 Å². The summed E-state index contributed by atoms with van der Waals surface area (Å²) in [7, 11) is 0. The van der Waals surface area contributed by atoms with E-state index in [1.54, 1.807) is 6.20 Å². The van der Waals surface area contributed by atoms with Crippen LogP contribution in [0.25, 0.3) is 0 Å². The minimum atomic E-state index is -0.398. The van der Waals surface area contributed by atoms with E-state index in [-0.39, 0.29) is 0 Å². The van der Waals surface area contributed by atoms with Crippen LogP contribution in [0, 0.1) is 0 Å². The second-order valence-electron chi connectivity index (χ2n) is 6.04. The number of aromatic nitrogens is 1. The molecule has 19 heavy (non-hydrogen) atoms. The molecule has 4 nitrogen and oxygen atoms in total. The standard InChI is InChI=1S/C14H16BrN3O/c15-14-9-17-4-5-18(10-14)8-13(7-17,12(14)19)11-2-1-3-16-6-11/h1-3,6H,4-5,7-10H2. The molecule has 1 aromatic rings. The first-order valence-electron chi connectivity index (χ1n) is 6.72. The molecule has 2 atom stereocenters. The van der Waals surface area contributed by atoms with E-state index in [4.69, 9.17) is 0 Å². The van der Waals surface area contributed by atoms with Crippen LogP contribution in [-0.2, 0) is 10.2 Å². The van der Waals surface area contributed by atoms with Crippen LogP contribution in [-0.4, -0.2) is 64.2 Å². The molecule has 4 aliphatic rings. The quantitative estimate of drug-likeness (QED) is 0.712.